The normalized spacial score (nSPS) is 18.1. The largest absolute Gasteiger partial charge is 0.440 e. The van der Waals surface area contributed by atoms with Crippen LogP contribution in [0.25, 0.3) is 11.1 Å². The molecule has 0 spiro atoms. The Morgan fingerprint density at radius 3 is 2.61 bits per heavy atom. The van der Waals surface area contributed by atoms with E-state index in [1.807, 2.05) is 12.1 Å². The van der Waals surface area contributed by atoms with Crippen molar-refractivity contribution in [1.29, 1.82) is 0 Å². The average Bonchev–Trinajstić information content (AvgIpc) is 3.11. The number of aromatic nitrogens is 1. The molecule has 1 saturated heterocycles. The number of hydrogen-bond donors (Lipinski definition) is 0. The summed E-state index contributed by atoms with van der Waals surface area (Å²) < 4.78 is 5.79. The molecule has 6 heteroatoms. The molecule has 1 fully saturated rings. The SMILES string of the molecule is O=C1CC(c2nc3cc(Cl)ccc3o2)CN1c1ccc(Cl)cc1. The number of rotatable bonds is 2. The van der Waals surface area contributed by atoms with Gasteiger partial charge in [-0.2, -0.15) is 0 Å². The lowest BCUT2D eigenvalue weighted by Gasteiger charge is -2.16. The van der Waals surface area contributed by atoms with E-state index in [9.17, 15) is 4.79 Å². The summed E-state index contributed by atoms with van der Waals surface area (Å²) in [7, 11) is 0. The monoisotopic (exact) mass is 346 g/mol. The summed E-state index contributed by atoms with van der Waals surface area (Å²) in [4.78, 5) is 18.5. The lowest BCUT2D eigenvalue weighted by molar-refractivity contribution is -0.117. The Labute approximate surface area is 142 Å². The number of nitrogens with zero attached hydrogens (tertiary/aromatic N) is 2. The number of carbonyl (C=O) groups excluding carboxylic acids is 1. The number of halogens is 2. The Morgan fingerprint density at radius 1 is 1.09 bits per heavy atom. The summed E-state index contributed by atoms with van der Waals surface area (Å²) in [5, 5.41) is 1.26. The van der Waals surface area contributed by atoms with Crippen molar-refractivity contribution in [2.45, 2.75) is 12.3 Å². The number of amides is 1. The van der Waals surface area contributed by atoms with Gasteiger partial charge in [0, 0.05) is 28.7 Å². The van der Waals surface area contributed by atoms with Crippen LogP contribution < -0.4 is 4.90 Å². The fraction of sp³-hybridized carbons (Fsp3) is 0.176. The van der Waals surface area contributed by atoms with E-state index in [1.165, 1.54) is 0 Å². The van der Waals surface area contributed by atoms with Gasteiger partial charge in [0.2, 0.25) is 11.8 Å². The molecule has 0 radical (unpaired) electrons. The van der Waals surface area contributed by atoms with E-state index in [0.717, 1.165) is 5.69 Å². The zero-order valence-electron chi connectivity index (χ0n) is 12.0. The third-order valence-corrected chi connectivity index (χ3v) is 4.47. The molecule has 1 aliphatic rings. The molecule has 4 nitrogen and oxygen atoms in total. The van der Waals surface area contributed by atoms with Crippen molar-refractivity contribution in [3.63, 3.8) is 0 Å². The number of hydrogen-bond acceptors (Lipinski definition) is 3. The molecule has 1 atom stereocenters. The molecule has 1 unspecified atom stereocenters. The van der Waals surface area contributed by atoms with Gasteiger partial charge in [0.15, 0.2) is 5.58 Å². The summed E-state index contributed by atoms with van der Waals surface area (Å²) in [5.41, 5.74) is 2.23. The number of carbonyl (C=O) groups is 1. The van der Waals surface area contributed by atoms with E-state index in [0.29, 0.717) is 40.0 Å². The number of benzene rings is 2. The molecule has 116 valence electrons. The first-order valence-electron chi connectivity index (χ1n) is 7.22. The Morgan fingerprint density at radius 2 is 1.83 bits per heavy atom. The Kier molecular flexibility index (Phi) is 3.51. The minimum Gasteiger partial charge on any atom is -0.440 e. The molecule has 1 aliphatic heterocycles. The molecule has 4 rings (SSSR count). The maximum atomic E-state index is 12.3. The summed E-state index contributed by atoms with van der Waals surface area (Å²) >= 11 is 11.9. The number of anilines is 1. The third kappa shape index (κ3) is 2.69. The maximum absolute atomic E-state index is 12.3. The molecule has 0 bridgehead atoms. The quantitative estimate of drug-likeness (QED) is 0.678. The standard InChI is InChI=1S/C17H12Cl2N2O2/c18-11-1-4-13(5-2-11)21-9-10(7-16(21)22)17-20-14-8-12(19)3-6-15(14)23-17/h1-6,8,10H,7,9H2. The predicted molar refractivity (Wildman–Crippen MR) is 90.2 cm³/mol. The number of fused-ring (bicyclic) bond motifs is 1. The van der Waals surface area contributed by atoms with E-state index < -0.39 is 0 Å². The number of oxazole rings is 1. The van der Waals surface area contributed by atoms with Crippen LogP contribution in [0.15, 0.2) is 46.9 Å². The topological polar surface area (TPSA) is 46.3 Å². The second kappa shape index (κ2) is 5.55. The zero-order chi connectivity index (χ0) is 16.0. The van der Waals surface area contributed by atoms with E-state index in [1.54, 1.807) is 35.2 Å². The minimum atomic E-state index is -0.0654. The summed E-state index contributed by atoms with van der Waals surface area (Å²) in [5.74, 6) is 0.564. The smallest absolute Gasteiger partial charge is 0.227 e. The highest BCUT2D eigenvalue weighted by atomic mass is 35.5. The molecule has 1 amide bonds. The van der Waals surface area contributed by atoms with Crippen molar-refractivity contribution in [3.8, 4) is 0 Å². The minimum absolute atomic E-state index is 0.0533. The van der Waals surface area contributed by atoms with E-state index in [2.05, 4.69) is 4.98 Å². The summed E-state index contributed by atoms with van der Waals surface area (Å²) in [6, 6.07) is 12.6. The van der Waals surface area contributed by atoms with Crippen LogP contribution in [0, 0.1) is 0 Å². The van der Waals surface area contributed by atoms with Crippen LogP contribution in [-0.2, 0) is 4.79 Å². The fourth-order valence-corrected chi connectivity index (χ4v) is 3.13. The average molecular weight is 347 g/mol. The Balaban J connectivity index is 1.62. The van der Waals surface area contributed by atoms with Crippen molar-refractivity contribution in [2.24, 2.45) is 0 Å². The van der Waals surface area contributed by atoms with Crippen molar-refractivity contribution in [2.75, 3.05) is 11.4 Å². The second-order valence-electron chi connectivity index (χ2n) is 5.55. The molecular formula is C17H12Cl2N2O2. The van der Waals surface area contributed by atoms with Crippen molar-refractivity contribution in [3.05, 3.63) is 58.4 Å². The van der Waals surface area contributed by atoms with Gasteiger partial charge in [0.25, 0.3) is 0 Å². The first kappa shape index (κ1) is 14.5. The van der Waals surface area contributed by atoms with Gasteiger partial charge in [-0.3, -0.25) is 4.79 Å². The highest BCUT2D eigenvalue weighted by Gasteiger charge is 2.34. The van der Waals surface area contributed by atoms with Crippen molar-refractivity contribution in [1.82, 2.24) is 4.98 Å². The van der Waals surface area contributed by atoms with Crippen LogP contribution in [0.1, 0.15) is 18.2 Å². The van der Waals surface area contributed by atoms with Crippen LogP contribution in [0.5, 0.6) is 0 Å². The van der Waals surface area contributed by atoms with Gasteiger partial charge in [-0.1, -0.05) is 23.2 Å². The molecule has 3 aromatic rings. The van der Waals surface area contributed by atoms with E-state index in [4.69, 9.17) is 27.6 Å². The van der Waals surface area contributed by atoms with Gasteiger partial charge in [-0.25, -0.2) is 4.98 Å². The van der Waals surface area contributed by atoms with Gasteiger partial charge in [-0.05, 0) is 42.5 Å². The molecule has 2 heterocycles. The van der Waals surface area contributed by atoms with Crippen LogP contribution in [0.3, 0.4) is 0 Å². The molecule has 1 aromatic heterocycles. The summed E-state index contributed by atoms with van der Waals surface area (Å²) in [6.07, 6.45) is 0.378. The molecular weight excluding hydrogens is 335 g/mol. The molecule has 0 aliphatic carbocycles. The van der Waals surface area contributed by atoms with Crippen molar-refractivity contribution >= 4 is 45.9 Å². The van der Waals surface area contributed by atoms with Gasteiger partial charge < -0.3 is 9.32 Å². The van der Waals surface area contributed by atoms with Crippen LogP contribution in [-0.4, -0.2) is 17.4 Å². The summed E-state index contributed by atoms with van der Waals surface area (Å²) in [6.45, 7) is 0.543. The molecule has 0 saturated carbocycles. The Bertz CT molecular complexity index is 889. The molecule has 23 heavy (non-hydrogen) atoms. The fourth-order valence-electron chi connectivity index (χ4n) is 2.84. The third-order valence-electron chi connectivity index (χ3n) is 3.98. The van der Waals surface area contributed by atoms with E-state index >= 15 is 0 Å². The van der Waals surface area contributed by atoms with Gasteiger partial charge >= 0.3 is 0 Å². The first-order valence-corrected chi connectivity index (χ1v) is 7.98. The van der Waals surface area contributed by atoms with Crippen LogP contribution in [0.2, 0.25) is 10.0 Å². The van der Waals surface area contributed by atoms with E-state index in [-0.39, 0.29) is 11.8 Å². The van der Waals surface area contributed by atoms with Crippen molar-refractivity contribution < 1.29 is 9.21 Å². The van der Waals surface area contributed by atoms with Gasteiger partial charge in [-0.15, -0.1) is 0 Å². The highest BCUT2D eigenvalue weighted by molar-refractivity contribution is 6.31. The van der Waals surface area contributed by atoms with Crippen LogP contribution >= 0.6 is 23.2 Å². The van der Waals surface area contributed by atoms with Crippen LogP contribution in [0.4, 0.5) is 5.69 Å². The lowest BCUT2D eigenvalue weighted by Crippen LogP contribution is -2.24. The van der Waals surface area contributed by atoms with Gasteiger partial charge in [0.05, 0.1) is 5.92 Å². The predicted octanol–water partition coefficient (Wildman–Crippen LogP) is 4.66. The molecule has 0 N–H and O–H groups in total. The Hall–Kier alpha value is -2.04. The first-order chi connectivity index (χ1) is 11.1. The zero-order valence-corrected chi connectivity index (χ0v) is 13.5. The highest BCUT2D eigenvalue weighted by Crippen LogP contribution is 2.33. The second-order valence-corrected chi connectivity index (χ2v) is 6.42. The lowest BCUT2D eigenvalue weighted by atomic mass is 10.1. The molecule has 2 aromatic carbocycles. The van der Waals surface area contributed by atoms with Gasteiger partial charge in [0.1, 0.15) is 5.52 Å². The maximum Gasteiger partial charge on any atom is 0.227 e.